The van der Waals surface area contributed by atoms with Gasteiger partial charge in [-0.3, -0.25) is 0 Å². The molecule has 0 aromatic heterocycles. The SMILES string of the molecule is CCC(CC)Cc1ccc(C2C=C(C)CCC2)c(O)c1. The summed E-state index contributed by atoms with van der Waals surface area (Å²) in [6, 6.07) is 6.35. The summed E-state index contributed by atoms with van der Waals surface area (Å²) < 4.78 is 0. The van der Waals surface area contributed by atoms with Crippen LogP contribution in [0.2, 0.25) is 0 Å². The third kappa shape index (κ3) is 3.65. The van der Waals surface area contributed by atoms with E-state index in [-0.39, 0.29) is 0 Å². The first-order chi connectivity index (χ1) is 9.63. The lowest BCUT2D eigenvalue weighted by Gasteiger charge is -2.21. The second-order valence-electron chi connectivity index (χ2n) is 6.29. The van der Waals surface area contributed by atoms with E-state index in [1.807, 2.05) is 6.07 Å². The van der Waals surface area contributed by atoms with Crippen molar-refractivity contribution < 1.29 is 5.11 Å². The van der Waals surface area contributed by atoms with E-state index >= 15 is 0 Å². The number of allylic oxidation sites excluding steroid dienone is 2. The Labute approximate surface area is 123 Å². The lowest BCUT2D eigenvalue weighted by Crippen LogP contribution is -2.04. The van der Waals surface area contributed by atoms with Gasteiger partial charge in [0.1, 0.15) is 5.75 Å². The molecule has 0 saturated carbocycles. The minimum atomic E-state index is 0.408. The molecule has 20 heavy (non-hydrogen) atoms. The number of benzene rings is 1. The molecule has 0 spiro atoms. The highest BCUT2D eigenvalue weighted by atomic mass is 16.3. The van der Waals surface area contributed by atoms with Crippen molar-refractivity contribution in [1.82, 2.24) is 0 Å². The molecule has 1 N–H and O–H groups in total. The smallest absolute Gasteiger partial charge is 0.119 e. The van der Waals surface area contributed by atoms with Crippen LogP contribution < -0.4 is 0 Å². The first-order valence-corrected chi connectivity index (χ1v) is 8.13. The molecule has 2 rings (SSSR count). The molecule has 0 fully saturated rings. The molecule has 1 aliphatic carbocycles. The van der Waals surface area contributed by atoms with Crippen LogP contribution in [-0.2, 0) is 6.42 Å². The van der Waals surface area contributed by atoms with Crippen LogP contribution in [0.5, 0.6) is 5.75 Å². The fourth-order valence-corrected chi connectivity index (χ4v) is 3.30. The predicted octanol–water partition coefficient (Wildman–Crippen LogP) is 5.58. The standard InChI is InChI=1S/C19H28O/c1-4-15(5-2)12-16-9-10-18(19(20)13-16)17-8-6-7-14(3)11-17/h9-11,13,15,17,20H,4-8,12H2,1-3H3. The summed E-state index contributed by atoms with van der Waals surface area (Å²) in [6.07, 6.45) is 9.45. The minimum absolute atomic E-state index is 0.408. The van der Waals surface area contributed by atoms with Crippen molar-refractivity contribution in [2.24, 2.45) is 5.92 Å². The molecule has 1 atom stereocenters. The highest BCUT2D eigenvalue weighted by molar-refractivity contribution is 5.41. The van der Waals surface area contributed by atoms with E-state index in [4.69, 9.17) is 0 Å². The van der Waals surface area contributed by atoms with Gasteiger partial charge in [-0.05, 0) is 50.2 Å². The molecule has 0 aliphatic heterocycles. The minimum Gasteiger partial charge on any atom is -0.508 e. The first-order valence-electron chi connectivity index (χ1n) is 8.13. The van der Waals surface area contributed by atoms with Crippen LogP contribution in [0.4, 0.5) is 0 Å². The first kappa shape index (κ1) is 15.2. The average molecular weight is 272 g/mol. The van der Waals surface area contributed by atoms with E-state index in [1.54, 1.807) is 0 Å². The monoisotopic (exact) mass is 272 g/mol. The third-order valence-corrected chi connectivity index (χ3v) is 4.75. The molecule has 0 saturated heterocycles. The van der Waals surface area contributed by atoms with Crippen molar-refractivity contribution in [2.45, 2.75) is 65.2 Å². The average Bonchev–Trinajstić information content (AvgIpc) is 2.45. The van der Waals surface area contributed by atoms with Crippen molar-refractivity contribution in [1.29, 1.82) is 0 Å². The zero-order valence-electron chi connectivity index (χ0n) is 13.2. The second-order valence-corrected chi connectivity index (χ2v) is 6.29. The number of phenolic OH excluding ortho intramolecular Hbond substituents is 1. The molecule has 1 nitrogen and oxygen atoms in total. The fourth-order valence-electron chi connectivity index (χ4n) is 3.30. The molecule has 1 aromatic carbocycles. The maximum absolute atomic E-state index is 10.4. The Kier molecular flexibility index (Phi) is 5.28. The van der Waals surface area contributed by atoms with Crippen LogP contribution in [0.25, 0.3) is 0 Å². The van der Waals surface area contributed by atoms with Gasteiger partial charge < -0.3 is 5.11 Å². The highest BCUT2D eigenvalue weighted by Crippen LogP contribution is 2.36. The van der Waals surface area contributed by atoms with E-state index < -0.39 is 0 Å². The molecular weight excluding hydrogens is 244 g/mol. The van der Waals surface area contributed by atoms with E-state index in [9.17, 15) is 5.11 Å². The Bertz CT molecular complexity index is 469. The zero-order valence-corrected chi connectivity index (χ0v) is 13.2. The second kappa shape index (κ2) is 6.97. The van der Waals surface area contributed by atoms with E-state index in [2.05, 4.69) is 39.0 Å². The Morgan fingerprint density at radius 3 is 2.60 bits per heavy atom. The van der Waals surface area contributed by atoms with Crippen LogP contribution in [-0.4, -0.2) is 5.11 Å². The predicted molar refractivity (Wildman–Crippen MR) is 86.2 cm³/mol. The molecule has 1 heteroatoms. The van der Waals surface area contributed by atoms with E-state index in [0.717, 1.165) is 24.3 Å². The Hall–Kier alpha value is -1.24. The molecule has 0 bridgehead atoms. The summed E-state index contributed by atoms with van der Waals surface area (Å²) in [7, 11) is 0. The summed E-state index contributed by atoms with van der Waals surface area (Å²) in [5, 5.41) is 10.4. The van der Waals surface area contributed by atoms with Crippen molar-refractivity contribution in [3.8, 4) is 5.75 Å². The third-order valence-electron chi connectivity index (χ3n) is 4.75. The van der Waals surface area contributed by atoms with Crippen LogP contribution in [0.1, 0.15) is 69.9 Å². The Balaban J connectivity index is 2.15. The van der Waals surface area contributed by atoms with Gasteiger partial charge in [0, 0.05) is 11.5 Å². The van der Waals surface area contributed by atoms with Gasteiger partial charge in [-0.25, -0.2) is 0 Å². The molecule has 0 radical (unpaired) electrons. The van der Waals surface area contributed by atoms with Crippen LogP contribution in [0.15, 0.2) is 29.8 Å². The van der Waals surface area contributed by atoms with Gasteiger partial charge in [0.05, 0.1) is 0 Å². The highest BCUT2D eigenvalue weighted by Gasteiger charge is 2.17. The van der Waals surface area contributed by atoms with Crippen molar-refractivity contribution in [2.75, 3.05) is 0 Å². The maximum Gasteiger partial charge on any atom is 0.119 e. The quantitative estimate of drug-likeness (QED) is 0.693. The number of aromatic hydroxyl groups is 1. The van der Waals surface area contributed by atoms with Gasteiger partial charge in [0.2, 0.25) is 0 Å². The van der Waals surface area contributed by atoms with Crippen molar-refractivity contribution >= 4 is 0 Å². The summed E-state index contributed by atoms with van der Waals surface area (Å²) in [6.45, 7) is 6.70. The van der Waals surface area contributed by atoms with E-state index in [1.165, 1.54) is 36.8 Å². The van der Waals surface area contributed by atoms with Crippen molar-refractivity contribution in [3.63, 3.8) is 0 Å². The topological polar surface area (TPSA) is 20.2 Å². The van der Waals surface area contributed by atoms with Crippen LogP contribution >= 0.6 is 0 Å². The number of hydrogen-bond acceptors (Lipinski definition) is 1. The van der Waals surface area contributed by atoms with Gasteiger partial charge in [0.15, 0.2) is 0 Å². The molecule has 1 unspecified atom stereocenters. The van der Waals surface area contributed by atoms with E-state index in [0.29, 0.717) is 11.7 Å². The Morgan fingerprint density at radius 1 is 1.25 bits per heavy atom. The molecule has 1 aromatic rings. The van der Waals surface area contributed by atoms with Crippen LogP contribution in [0, 0.1) is 5.92 Å². The summed E-state index contributed by atoms with van der Waals surface area (Å²) in [5.74, 6) is 1.63. The molecule has 0 amide bonds. The molecule has 110 valence electrons. The normalized spacial score (nSPS) is 19.2. The van der Waals surface area contributed by atoms with Crippen LogP contribution in [0.3, 0.4) is 0 Å². The number of hydrogen-bond donors (Lipinski definition) is 1. The zero-order chi connectivity index (χ0) is 14.5. The van der Waals surface area contributed by atoms with Gasteiger partial charge in [0.25, 0.3) is 0 Å². The van der Waals surface area contributed by atoms with Gasteiger partial charge in [-0.1, -0.05) is 50.5 Å². The lowest BCUT2D eigenvalue weighted by molar-refractivity contribution is 0.456. The largest absolute Gasteiger partial charge is 0.508 e. The number of rotatable bonds is 5. The van der Waals surface area contributed by atoms with Gasteiger partial charge in [-0.2, -0.15) is 0 Å². The van der Waals surface area contributed by atoms with Crippen molar-refractivity contribution in [3.05, 3.63) is 41.0 Å². The number of phenols is 1. The molecule has 0 heterocycles. The fraction of sp³-hybridized carbons (Fsp3) is 0.579. The Morgan fingerprint density at radius 2 is 2.00 bits per heavy atom. The van der Waals surface area contributed by atoms with Gasteiger partial charge in [-0.15, -0.1) is 0 Å². The lowest BCUT2D eigenvalue weighted by atomic mass is 9.84. The molecule has 1 aliphatic rings. The summed E-state index contributed by atoms with van der Waals surface area (Å²) >= 11 is 0. The maximum atomic E-state index is 10.4. The molecular formula is C19H28O. The van der Waals surface area contributed by atoms with Gasteiger partial charge >= 0.3 is 0 Å². The summed E-state index contributed by atoms with van der Waals surface area (Å²) in [5.41, 5.74) is 3.84. The summed E-state index contributed by atoms with van der Waals surface area (Å²) in [4.78, 5) is 0.